The van der Waals surface area contributed by atoms with Gasteiger partial charge < -0.3 is 5.32 Å². The normalized spacial score (nSPS) is 53.8. The predicted molar refractivity (Wildman–Crippen MR) is 73.0 cm³/mol. The van der Waals surface area contributed by atoms with E-state index in [0.717, 1.165) is 24.2 Å². The van der Waals surface area contributed by atoms with Crippen molar-refractivity contribution in [2.24, 2.45) is 35.0 Å². The number of hydrogen-bond donors (Lipinski definition) is 1. The Balaban J connectivity index is 1.98. The number of rotatable bonds is 3. The van der Waals surface area contributed by atoms with Gasteiger partial charge in [0.25, 0.3) is 0 Å². The molecular formula is C16H27NO. The zero-order valence-corrected chi connectivity index (χ0v) is 12.2. The van der Waals surface area contributed by atoms with Crippen molar-refractivity contribution in [3.63, 3.8) is 0 Å². The van der Waals surface area contributed by atoms with E-state index in [4.69, 9.17) is 0 Å². The minimum Gasteiger partial charge on any atom is -0.353 e. The average molecular weight is 249 g/mol. The molecule has 102 valence electrons. The van der Waals surface area contributed by atoms with Gasteiger partial charge in [0.2, 0.25) is 6.41 Å². The molecule has 3 aliphatic carbocycles. The zero-order valence-electron chi connectivity index (χ0n) is 12.2. The van der Waals surface area contributed by atoms with Gasteiger partial charge in [-0.1, -0.05) is 20.8 Å². The van der Waals surface area contributed by atoms with Crippen molar-refractivity contribution in [3.05, 3.63) is 0 Å². The SMILES string of the molecule is CC(C)[C@@H]1CC2C(C)(NC=O)C3CC1C[C@]2(C)C3. The number of amides is 1. The van der Waals surface area contributed by atoms with Gasteiger partial charge in [0.05, 0.1) is 0 Å². The number of carbonyl (C=O) groups is 1. The Morgan fingerprint density at radius 1 is 1.22 bits per heavy atom. The molecule has 3 aliphatic rings. The van der Waals surface area contributed by atoms with E-state index < -0.39 is 0 Å². The molecule has 0 aliphatic heterocycles. The van der Waals surface area contributed by atoms with Gasteiger partial charge in [0.1, 0.15) is 0 Å². The quantitative estimate of drug-likeness (QED) is 0.765. The fourth-order valence-corrected chi connectivity index (χ4v) is 6.01. The Bertz CT molecular complexity index is 366. The van der Waals surface area contributed by atoms with Crippen LogP contribution in [0.1, 0.15) is 53.4 Å². The van der Waals surface area contributed by atoms with Gasteiger partial charge in [0, 0.05) is 5.54 Å². The molecule has 3 bridgehead atoms. The molecule has 3 saturated carbocycles. The zero-order chi connectivity index (χ0) is 13.1. The highest BCUT2D eigenvalue weighted by Crippen LogP contribution is 2.68. The van der Waals surface area contributed by atoms with Gasteiger partial charge in [-0.15, -0.1) is 0 Å². The van der Waals surface area contributed by atoms with Crippen molar-refractivity contribution >= 4 is 6.41 Å². The Hall–Kier alpha value is -0.530. The Morgan fingerprint density at radius 2 is 1.94 bits per heavy atom. The highest BCUT2D eigenvalue weighted by molar-refractivity contribution is 5.49. The monoisotopic (exact) mass is 249 g/mol. The van der Waals surface area contributed by atoms with Gasteiger partial charge in [-0.25, -0.2) is 0 Å². The summed E-state index contributed by atoms with van der Waals surface area (Å²) in [6.07, 6.45) is 6.34. The molecule has 3 fully saturated rings. The molecule has 1 amide bonds. The first kappa shape index (κ1) is 12.5. The van der Waals surface area contributed by atoms with Gasteiger partial charge in [-0.2, -0.15) is 0 Å². The smallest absolute Gasteiger partial charge is 0.207 e. The first-order valence-corrected chi connectivity index (χ1v) is 7.62. The first-order valence-electron chi connectivity index (χ1n) is 7.62. The van der Waals surface area contributed by atoms with Gasteiger partial charge in [0.15, 0.2) is 0 Å². The molecule has 0 saturated heterocycles. The van der Waals surface area contributed by atoms with Crippen LogP contribution in [0.15, 0.2) is 0 Å². The van der Waals surface area contributed by atoms with E-state index in [2.05, 4.69) is 33.0 Å². The molecule has 0 aromatic heterocycles. The lowest BCUT2D eigenvalue weighted by molar-refractivity contribution is -0.112. The van der Waals surface area contributed by atoms with Crippen LogP contribution >= 0.6 is 0 Å². The summed E-state index contributed by atoms with van der Waals surface area (Å²) in [5.41, 5.74) is 0.554. The summed E-state index contributed by atoms with van der Waals surface area (Å²) in [5.74, 6) is 3.97. The maximum absolute atomic E-state index is 11.0. The molecular weight excluding hydrogens is 222 g/mol. The molecule has 2 heteroatoms. The maximum Gasteiger partial charge on any atom is 0.207 e. The fraction of sp³-hybridized carbons (Fsp3) is 0.938. The Labute approximate surface area is 111 Å². The van der Waals surface area contributed by atoms with E-state index >= 15 is 0 Å². The van der Waals surface area contributed by atoms with Crippen molar-refractivity contribution in [2.45, 2.75) is 58.9 Å². The van der Waals surface area contributed by atoms with Crippen LogP contribution in [0.2, 0.25) is 0 Å². The van der Waals surface area contributed by atoms with Crippen molar-refractivity contribution in [1.82, 2.24) is 5.32 Å². The van der Waals surface area contributed by atoms with Crippen LogP contribution in [0.3, 0.4) is 0 Å². The van der Waals surface area contributed by atoms with E-state index in [1.54, 1.807) is 0 Å². The van der Waals surface area contributed by atoms with Crippen LogP contribution in [0.4, 0.5) is 0 Å². The summed E-state index contributed by atoms with van der Waals surface area (Å²) >= 11 is 0. The summed E-state index contributed by atoms with van der Waals surface area (Å²) < 4.78 is 0. The average Bonchev–Trinajstić information content (AvgIpc) is 2.36. The molecule has 2 nitrogen and oxygen atoms in total. The minimum atomic E-state index is 0.0644. The molecule has 18 heavy (non-hydrogen) atoms. The van der Waals surface area contributed by atoms with E-state index in [1.165, 1.54) is 25.7 Å². The second-order valence-corrected chi connectivity index (χ2v) is 8.00. The van der Waals surface area contributed by atoms with Crippen molar-refractivity contribution in [2.75, 3.05) is 0 Å². The summed E-state index contributed by atoms with van der Waals surface area (Å²) in [6, 6.07) is 0. The van der Waals surface area contributed by atoms with Crippen LogP contribution in [-0.2, 0) is 4.79 Å². The standard InChI is InChI=1S/C16H27NO/c1-10(2)13-6-14-15(3)7-11(13)5-12(8-15)16(14,4)17-9-18/h9-14H,5-8H2,1-4H3,(H,17,18)/t11?,12?,13-,14?,15+,16?/m0/s1. The fourth-order valence-electron chi connectivity index (χ4n) is 6.01. The van der Waals surface area contributed by atoms with Gasteiger partial charge in [-0.05, 0) is 67.6 Å². The molecule has 0 aromatic carbocycles. The number of fused-ring (bicyclic) bond motifs is 2. The van der Waals surface area contributed by atoms with Crippen molar-refractivity contribution < 1.29 is 4.79 Å². The largest absolute Gasteiger partial charge is 0.353 e. The molecule has 6 atom stereocenters. The van der Waals surface area contributed by atoms with Crippen LogP contribution < -0.4 is 5.32 Å². The lowest BCUT2D eigenvalue weighted by atomic mass is 9.56. The molecule has 3 rings (SSSR count). The lowest BCUT2D eigenvalue weighted by Gasteiger charge is -2.49. The van der Waals surface area contributed by atoms with Gasteiger partial charge in [-0.3, -0.25) is 4.79 Å². The van der Waals surface area contributed by atoms with Crippen LogP contribution in [0, 0.1) is 35.0 Å². The molecule has 0 spiro atoms. The third-order valence-electron chi connectivity index (χ3n) is 6.78. The van der Waals surface area contributed by atoms with Crippen LogP contribution in [0.25, 0.3) is 0 Å². The van der Waals surface area contributed by atoms with Crippen LogP contribution in [0.5, 0.6) is 0 Å². The summed E-state index contributed by atoms with van der Waals surface area (Å²) in [5, 5.41) is 3.22. The Kier molecular flexibility index (Phi) is 2.60. The summed E-state index contributed by atoms with van der Waals surface area (Å²) in [6.45, 7) is 9.55. The summed E-state index contributed by atoms with van der Waals surface area (Å²) in [4.78, 5) is 11.0. The van der Waals surface area contributed by atoms with Crippen molar-refractivity contribution in [1.29, 1.82) is 0 Å². The van der Waals surface area contributed by atoms with E-state index in [-0.39, 0.29) is 5.54 Å². The third kappa shape index (κ3) is 1.44. The molecule has 1 N–H and O–H groups in total. The number of carbonyl (C=O) groups excluding carboxylic acids is 1. The second-order valence-electron chi connectivity index (χ2n) is 8.00. The van der Waals surface area contributed by atoms with E-state index in [0.29, 0.717) is 17.3 Å². The highest BCUT2D eigenvalue weighted by atomic mass is 16.1. The molecule has 4 unspecified atom stereocenters. The van der Waals surface area contributed by atoms with E-state index in [9.17, 15) is 4.79 Å². The molecule has 0 radical (unpaired) electrons. The number of hydrogen-bond acceptors (Lipinski definition) is 1. The number of nitrogens with one attached hydrogen (secondary N) is 1. The lowest BCUT2D eigenvalue weighted by Crippen LogP contribution is -2.51. The maximum atomic E-state index is 11.0. The van der Waals surface area contributed by atoms with Crippen LogP contribution in [-0.4, -0.2) is 11.9 Å². The summed E-state index contributed by atoms with van der Waals surface area (Å²) in [7, 11) is 0. The first-order chi connectivity index (χ1) is 8.40. The Morgan fingerprint density at radius 3 is 2.56 bits per heavy atom. The second kappa shape index (κ2) is 3.74. The third-order valence-corrected chi connectivity index (χ3v) is 6.78. The van der Waals surface area contributed by atoms with E-state index in [1.807, 2.05) is 0 Å². The topological polar surface area (TPSA) is 29.1 Å². The van der Waals surface area contributed by atoms with Gasteiger partial charge >= 0.3 is 0 Å². The molecule has 0 heterocycles. The molecule has 0 aromatic rings. The minimum absolute atomic E-state index is 0.0644. The van der Waals surface area contributed by atoms with Crippen molar-refractivity contribution in [3.8, 4) is 0 Å². The predicted octanol–water partition coefficient (Wildman–Crippen LogP) is 3.22. The highest BCUT2D eigenvalue weighted by Gasteiger charge is 2.64.